The molecule has 2 heterocycles. The Bertz CT molecular complexity index is 444. The number of aromatic nitrogens is 1. The quantitative estimate of drug-likeness (QED) is 0.829. The maximum atomic E-state index is 5.65. The number of oxazole rings is 1. The first-order valence-corrected chi connectivity index (χ1v) is 6.62. The summed E-state index contributed by atoms with van der Waals surface area (Å²) in [5, 5.41) is 4.26. The standard InChI is InChI=1S/C12H14N2OS/c1-2-6-11-10(5-1)14-12(15-11)16-8-9-4-3-7-13-9/h1-2,5-6,9,13H,3-4,7-8H2. The van der Waals surface area contributed by atoms with Crippen molar-refractivity contribution in [2.24, 2.45) is 0 Å². The summed E-state index contributed by atoms with van der Waals surface area (Å²) in [7, 11) is 0. The molecule has 1 aliphatic rings. The van der Waals surface area contributed by atoms with E-state index in [-0.39, 0.29) is 0 Å². The van der Waals surface area contributed by atoms with Crippen LogP contribution < -0.4 is 5.32 Å². The van der Waals surface area contributed by atoms with E-state index in [2.05, 4.69) is 10.3 Å². The molecule has 0 bridgehead atoms. The predicted octanol–water partition coefficient (Wildman–Crippen LogP) is 2.67. The van der Waals surface area contributed by atoms with Crippen molar-refractivity contribution < 1.29 is 4.42 Å². The van der Waals surface area contributed by atoms with Gasteiger partial charge >= 0.3 is 0 Å². The highest BCUT2D eigenvalue weighted by Gasteiger charge is 2.15. The maximum absolute atomic E-state index is 5.65. The largest absolute Gasteiger partial charge is 0.431 e. The lowest BCUT2D eigenvalue weighted by molar-refractivity contribution is 0.488. The molecule has 84 valence electrons. The average Bonchev–Trinajstić information content (AvgIpc) is 2.95. The van der Waals surface area contributed by atoms with Crippen LogP contribution in [0.3, 0.4) is 0 Å². The van der Waals surface area contributed by atoms with Gasteiger partial charge in [-0.2, -0.15) is 0 Å². The van der Waals surface area contributed by atoms with Crippen molar-refractivity contribution in [3.05, 3.63) is 24.3 Å². The van der Waals surface area contributed by atoms with Crippen LogP contribution in [-0.2, 0) is 0 Å². The molecule has 0 spiro atoms. The number of fused-ring (bicyclic) bond motifs is 1. The molecule has 1 saturated heterocycles. The summed E-state index contributed by atoms with van der Waals surface area (Å²) in [6.07, 6.45) is 2.56. The van der Waals surface area contributed by atoms with Gasteiger partial charge in [-0.25, -0.2) is 4.98 Å². The smallest absolute Gasteiger partial charge is 0.256 e. The lowest BCUT2D eigenvalue weighted by Gasteiger charge is -2.06. The molecular formula is C12H14N2OS. The van der Waals surface area contributed by atoms with E-state index < -0.39 is 0 Å². The van der Waals surface area contributed by atoms with Gasteiger partial charge in [0.05, 0.1) is 0 Å². The van der Waals surface area contributed by atoms with Crippen LogP contribution in [0.25, 0.3) is 11.1 Å². The molecule has 1 unspecified atom stereocenters. The van der Waals surface area contributed by atoms with Gasteiger partial charge in [0.2, 0.25) is 0 Å². The van der Waals surface area contributed by atoms with Gasteiger partial charge < -0.3 is 9.73 Å². The minimum absolute atomic E-state index is 0.625. The summed E-state index contributed by atoms with van der Waals surface area (Å²) in [6.45, 7) is 1.15. The molecular weight excluding hydrogens is 220 g/mol. The van der Waals surface area contributed by atoms with Crippen LogP contribution in [-0.4, -0.2) is 23.3 Å². The number of thioether (sulfide) groups is 1. The van der Waals surface area contributed by atoms with E-state index in [1.807, 2.05) is 24.3 Å². The zero-order chi connectivity index (χ0) is 10.8. The highest BCUT2D eigenvalue weighted by molar-refractivity contribution is 7.99. The summed E-state index contributed by atoms with van der Waals surface area (Å²) in [5.41, 5.74) is 1.83. The van der Waals surface area contributed by atoms with E-state index in [0.717, 1.165) is 28.6 Å². The third-order valence-electron chi connectivity index (χ3n) is 2.84. The lowest BCUT2D eigenvalue weighted by Crippen LogP contribution is -2.23. The van der Waals surface area contributed by atoms with Crippen molar-refractivity contribution in [3.63, 3.8) is 0 Å². The third kappa shape index (κ3) is 2.08. The van der Waals surface area contributed by atoms with Crippen molar-refractivity contribution in [2.45, 2.75) is 24.1 Å². The van der Waals surface area contributed by atoms with Gasteiger partial charge in [-0.15, -0.1) is 0 Å². The van der Waals surface area contributed by atoms with Crippen molar-refractivity contribution in [1.29, 1.82) is 0 Å². The molecule has 3 rings (SSSR count). The monoisotopic (exact) mass is 234 g/mol. The fourth-order valence-corrected chi connectivity index (χ4v) is 2.92. The molecule has 1 aliphatic heterocycles. The van der Waals surface area contributed by atoms with Crippen LogP contribution in [0.5, 0.6) is 0 Å². The highest BCUT2D eigenvalue weighted by Crippen LogP contribution is 2.24. The van der Waals surface area contributed by atoms with Crippen molar-refractivity contribution in [3.8, 4) is 0 Å². The molecule has 0 amide bonds. The molecule has 4 heteroatoms. The highest BCUT2D eigenvalue weighted by atomic mass is 32.2. The average molecular weight is 234 g/mol. The van der Waals surface area contributed by atoms with E-state index in [4.69, 9.17) is 4.42 Å². The second-order valence-electron chi connectivity index (χ2n) is 4.05. The van der Waals surface area contributed by atoms with Crippen molar-refractivity contribution >= 4 is 22.9 Å². The van der Waals surface area contributed by atoms with Crippen molar-refractivity contribution in [2.75, 3.05) is 12.3 Å². The van der Waals surface area contributed by atoms with Gasteiger partial charge in [-0.1, -0.05) is 23.9 Å². The predicted molar refractivity (Wildman–Crippen MR) is 65.8 cm³/mol. The zero-order valence-corrected chi connectivity index (χ0v) is 9.80. The molecule has 1 aromatic carbocycles. The Hall–Kier alpha value is -1.00. The minimum Gasteiger partial charge on any atom is -0.431 e. The number of hydrogen-bond donors (Lipinski definition) is 1. The lowest BCUT2D eigenvalue weighted by atomic mass is 10.3. The van der Waals surface area contributed by atoms with E-state index in [1.165, 1.54) is 12.8 Å². The SMILES string of the molecule is c1ccc2oc(SCC3CCCN3)nc2c1. The first-order chi connectivity index (χ1) is 7.92. The van der Waals surface area contributed by atoms with Gasteiger partial charge in [0.25, 0.3) is 5.22 Å². The summed E-state index contributed by atoms with van der Waals surface area (Å²) >= 11 is 1.70. The summed E-state index contributed by atoms with van der Waals surface area (Å²) in [4.78, 5) is 4.44. The molecule has 1 N–H and O–H groups in total. The molecule has 2 aromatic rings. The van der Waals surface area contributed by atoms with E-state index in [1.54, 1.807) is 11.8 Å². The van der Waals surface area contributed by atoms with Gasteiger partial charge in [-0.05, 0) is 31.5 Å². The summed E-state index contributed by atoms with van der Waals surface area (Å²) in [5.74, 6) is 1.05. The Kier molecular flexibility index (Phi) is 2.84. The second-order valence-corrected chi connectivity index (χ2v) is 5.02. The first-order valence-electron chi connectivity index (χ1n) is 5.63. The molecule has 0 aliphatic carbocycles. The fourth-order valence-electron chi connectivity index (χ4n) is 1.98. The number of benzene rings is 1. The van der Waals surface area contributed by atoms with Gasteiger partial charge in [0.1, 0.15) is 5.52 Å². The first kappa shape index (κ1) is 10.2. The Morgan fingerprint density at radius 3 is 3.19 bits per heavy atom. The molecule has 1 fully saturated rings. The van der Waals surface area contributed by atoms with Gasteiger partial charge in [0.15, 0.2) is 5.58 Å². The van der Waals surface area contributed by atoms with Crippen LogP contribution in [0.15, 0.2) is 33.9 Å². The van der Waals surface area contributed by atoms with Gasteiger partial charge in [-0.3, -0.25) is 0 Å². The molecule has 3 nitrogen and oxygen atoms in total. The minimum atomic E-state index is 0.625. The molecule has 1 aromatic heterocycles. The van der Waals surface area contributed by atoms with Crippen LogP contribution in [0.4, 0.5) is 0 Å². The molecule has 1 atom stereocenters. The van der Waals surface area contributed by atoms with Crippen molar-refractivity contribution in [1.82, 2.24) is 10.3 Å². The molecule has 0 saturated carbocycles. The Morgan fingerprint density at radius 2 is 2.38 bits per heavy atom. The van der Waals surface area contributed by atoms with Crippen LogP contribution >= 0.6 is 11.8 Å². The fraction of sp³-hybridized carbons (Fsp3) is 0.417. The Balaban J connectivity index is 1.69. The second kappa shape index (κ2) is 4.47. The number of hydrogen-bond acceptors (Lipinski definition) is 4. The number of nitrogens with zero attached hydrogens (tertiary/aromatic N) is 1. The zero-order valence-electron chi connectivity index (χ0n) is 8.98. The Labute approximate surface area is 98.6 Å². The van der Waals surface area contributed by atoms with Gasteiger partial charge in [0, 0.05) is 11.8 Å². The normalized spacial score (nSPS) is 20.6. The van der Waals surface area contributed by atoms with E-state index >= 15 is 0 Å². The van der Waals surface area contributed by atoms with E-state index in [0.29, 0.717) is 6.04 Å². The van der Waals surface area contributed by atoms with Crippen LogP contribution in [0.2, 0.25) is 0 Å². The number of nitrogens with one attached hydrogen (secondary N) is 1. The third-order valence-corrected chi connectivity index (χ3v) is 3.84. The van der Waals surface area contributed by atoms with E-state index in [9.17, 15) is 0 Å². The number of para-hydroxylation sites is 2. The summed E-state index contributed by atoms with van der Waals surface area (Å²) < 4.78 is 5.65. The molecule has 0 radical (unpaired) electrons. The number of rotatable bonds is 3. The van der Waals surface area contributed by atoms with Crippen LogP contribution in [0.1, 0.15) is 12.8 Å². The van der Waals surface area contributed by atoms with Crippen LogP contribution in [0, 0.1) is 0 Å². The summed E-state index contributed by atoms with van der Waals surface area (Å²) in [6, 6.07) is 8.52. The Morgan fingerprint density at radius 1 is 1.44 bits per heavy atom. The maximum Gasteiger partial charge on any atom is 0.256 e. The topological polar surface area (TPSA) is 38.1 Å². The molecule has 16 heavy (non-hydrogen) atoms.